The van der Waals surface area contributed by atoms with E-state index >= 15 is 0 Å². The van der Waals surface area contributed by atoms with Gasteiger partial charge < -0.3 is 4.98 Å². The minimum absolute atomic E-state index is 0.285. The minimum atomic E-state index is -5.09. The van der Waals surface area contributed by atoms with E-state index in [0.717, 1.165) is 12.1 Å². The predicted molar refractivity (Wildman–Crippen MR) is 77.8 cm³/mol. The Morgan fingerprint density at radius 2 is 2.05 bits per heavy atom. The van der Waals surface area contributed by atoms with Crippen molar-refractivity contribution in [3.05, 3.63) is 47.1 Å². The van der Waals surface area contributed by atoms with Crippen LogP contribution in [-0.4, -0.2) is 43.3 Å². The van der Waals surface area contributed by atoms with Crippen LogP contribution < -0.4 is 15.4 Å². The van der Waals surface area contributed by atoms with Crippen LogP contribution in [-0.2, 0) is 8.53 Å². The first-order chi connectivity index (χ1) is 10.2. The maximum atomic E-state index is 10.9. The van der Waals surface area contributed by atoms with Crippen LogP contribution in [0.4, 0.5) is 5.69 Å². The first-order valence-corrected chi connectivity index (χ1v) is 9.25. The first kappa shape index (κ1) is 17.7. The molecule has 0 unspecified atom stereocenters. The molecular formula is C12H14AsN3O6. The summed E-state index contributed by atoms with van der Waals surface area (Å²) < 4.78 is 28.2. The van der Waals surface area contributed by atoms with E-state index in [0.29, 0.717) is 0 Å². The van der Waals surface area contributed by atoms with Crippen LogP contribution in [0.15, 0.2) is 41.5 Å². The smallest absolute Gasteiger partial charge is 0.313 e. The zero-order valence-corrected chi connectivity index (χ0v) is 13.3. The molecule has 1 aromatic carbocycles. The van der Waals surface area contributed by atoms with Gasteiger partial charge in [-0.3, -0.25) is 0 Å². The third-order valence-electron chi connectivity index (χ3n) is 2.19. The van der Waals surface area contributed by atoms with Crippen LogP contribution in [0.3, 0.4) is 0 Å². The molecule has 0 atom stereocenters. The number of carbonyl (C=O) groups is 1. The summed E-state index contributed by atoms with van der Waals surface area (Å²) >= 11 is -5.09. The van der Waals surface area contributed by atoms with Crippen molar-refractivity contribution >= 4 is 30.1 Å². The number of phenolic OH excluding ortho intramolecular Hbond substituents is 1. The number of benzene rings is 1. The summed E-state index contributed by atoms with van der Waals surface area (Å²) in [6, 6.07) is 5.16. The Labute approximate surface area is 127 Å². The molecule has 0 bridgehead atoms. The first-order valence-electron chi connectivity index (χ1n) is 5.86. The van der Waals surface area contributed by atoms with Crippen molar-refractivity contribution in [3.63, 3.8) is 0 Å². The van der Waals surface area contributed by atoms with Crippen molar-refractivity contribution in [2.75, 3.05) is 5.32 Å². The summed E-state index contributed by atoms with van der Waals surface area (Å²) in [5.74, 6) is -0.850. The van der Waals surface area contributed by atoms with E-state index in [9.17, 15) is 18.4 Å². The Hall–Kier alpha value is -2.35. The molecule has 2 rings (SSSR count). The fourth-order valence-corrected chi connectivity index (χ4v) is 2.69. The molecule has 0 aliphatic rings. The maximum absolute atomic E-state index is 10.9. The Bertz CT molecular complexity index is 737. The molecule has 9 nitrogen and oxygen atoms in total. The number of rotatable bonds is 2. The van der Waals surface area contributed by atoms with Gasteiger partial charge in [0, 0.05) is 12.4 Å². The fourth-order valence-electron chi connectivity index (χ4n) is 1.36. The summed E-state index contributed by atoms with van der Waals surface area (Å²) in [6.07, 6.45) is 2.98. The second-order valence-electron chi connectivity index (χ2n) is 4.02. The minimum Gasteiger partial charge on any atom is -0.313 e. The van der Waals surface area contributed by atoms with Crippen LogP contribution in [0.2, 0.25) is 0 Å². The summed E-state index contributed by atoms with van der Waals surface area (Å²) in [7, 11) is 0. The number of phenols is 1. The SMILES string of the molecule is CC(=O)Nc1ccc([As](=O)(O)O)c(O)c1.O=c1nccc[nH]1. The standard InChI is InChI=1S/C8H10AsNO5.C4H4N2O/c1-5(11)10-6-2-3-7(8(12)4-6)9(13,14)15;7-4-5-2-1-3-6-4/h2-4,12H,1H3,(H,10,11)(H2,13,14,15);1-3H,(H,5,6,7). The van der Waals surface area contributed by atoms with E-state index in [1.165, 1.54) is 25.4 Å². The number of carbonyl (C=O) groups excluding carboxylic acids is 1. The molecule has 1 heterocycles. The number of aromatic hydroxyl groups is 1. The van der Waals surface area contributed by atoms with E-state index in [2.05, 4.69) is 15.3 Å². The predicted octanol–water partition coefficient (Wildman–Crippen LogP) is -1.32. The molecule has 10 heteroatoms. The molecule has 1 aromatic heterocycles. The average Bonchev–Trinajstić information content (AvgIpc) is 2.38. The van der Waals surface area contributed by atoms with Crippen LogP contribution in [0, 0.1) is 0 Å². The van der Waals surface area contributed by atoms with Gasteiger partial charge in [-0.15, -0.1) is 0 Å². The van der Waals surface area contributed by atoms with E-state index in [-0.39, 0.29) is 17.3 Å². The van der Waals surface area contributed by atoms with Crippen molar-refractivity contribution in [2.45, 2.75) is 6.92 Å². The van der Waals surface area contributed by atoms with Gasteiger partial charge in [-0.1, -0.05) is 0 Å². The summed E-state index contributed by atoms with van der Waals surface area (Å²) in [4.78, 5) is 26.5. The molecule has 118 valence electrons. The van der Waals surface area contributed by atoms with E-state index in [4.69, 9.17) is 8.19 Å². The van der Waals surface area contributed by atoms with E-state index in [1.807, 2.05) is 0 Å². The molecule has 5 N–H and O–H groups in total. The van der Waals surface area contributed by atoms with Crippen LogP contribution in [0.5, 0.6) is 5.75 Å². The van der Waals surface area contributed by atoms with Crippen LogP contribution >= 0.6 is 0 Å². The van der Waals surface area contributed by atoms with Crippen molar-refractivity contribution < 1.29 is 21.8 Å². The van der Waals surface area contributed by atoms with Gasteiger partial charge in [-0.25, -0.2) is 9.78 Å². The molecule has 0 spiro atoms. The normalized spacial score (nSPS) is 10.3. The van der Waals surface area contributed by atoms with Crippen molar-refractivity contribution in [1.29, 1.82) is 0 Å². The van der Waals surface area contributed by atoms with Gasteiger partial charge in [0.15, 0.2) is 0 Å². The van der Waals surface area contributed by atoms with E-state index in [1.54, 1.807) is 6.07 Å². The number of hydrogen-bond acceptors (Lipinski definition) is 5. The quantitative estimate of drug-likeness (QED) is 0.411. The Kier molecular flexibility index (Phi) is 6.11. The molecule has 22 heavy (non-hydrogen) atoms. The Morgan fingerprint density at radius 1 is 1.36 bits per heavy atom. The van der Waals surface area contributed by atoms with Gasteiger partial charge in [-0.2, -0.15) is 0 Å². The van der Waals surface area contributed by atoms with Gasteiger partial charge in [-0.05, 0) is 6.07 Å². The van der Waals surface area contributed by atoms with Gasteiger partial charge >= 0.3 is 93.8 Å². The number of anilines is 1. The molecule has 1 amide bonds. The van der Waals surface area contributed by atoms with Crippen LogP contribution in [0.1, 0.15) is 6.92 Å². The number of amides is 1. The van der Waals surface area contributed by atoms with E-state index < -0.39 is 24.3 Å². The van der Waals surface area contributed by atoms with Gasteiger partial charge in [0.25, 0.3) is 0 Å². The number of nitrogens with one attached hydrogen (secondary N) is 2. The van der Waals surface area contributed by atoms with Crippen molar-refractivity contribution in [1.82, 2.24) is 9.97 Å². The average molecular weight is 371 g/mol. The van der Waals surface area contributed by atoms with Gasteiger partial charge in [0.1, 0.15) is 0 Å². The van der Waals surface area contributed by atoms with Crippen molar-refractivity contribution in [3.8, 4) is 5.75 Å². The Morgan fingerprint density at radius 3 is 2.41 bits per heavy atom. The van der Waals surface area contributed by atoms with Crippen molar-refractivity contribution in [2.24, 2.45) is 0 Å². The molecule has 2 aromatic rings. The molecule has 0 saturated heterocycles. The monoisotopic (exact) mass is 371 g/mol. The number of aromatic nitrogens is 2. The van der Waals surface area contributed by atoms with Gasteiger partial charge in [0.2, 0.25) is 0 Å². The molecule has 0 radical (unpaired) electrons. The summed E-state index contributed by atoms with van der Waals surface area (Å²) in [6.45, 7) is 1.29. The fraction of sp³-hybridized carbons (Fsp3) is 0.0833. The molecule has 0 aliphatic heterocycles. The zero-order valence-electron chi connectivity index (χ0n) is 11.4. The third kappa shape index (κ3) is 5.96. The van der Waals surface area contributed by atoms with Crippen LogP contribution in [0.25, 0.3) is 0 Å². The summed E-state index contributed by atoms with van der Waals surface area (Å²) in [5.41, 5.74) is -0.0183. The molecule has 0 saturated carbocycles. The number of H-pyrrole nitrogens is 1. The molecular weight excluding hydrogens is 357 g/mol. The summed E-state index contributed by atoms with van der Waals surface area (Å²) in [5, 5.41) is 11.7. The number of aromatic amines is 1. The second-order valence-corrected chi connectivity index (χ2v) is 7.31. The third-order valence-corrected chi connectivity index (χ3v) is 4.30. The zero-order chi connectivity index (χ0) is 16.8. The largest absolute Gasteiger partial charge is 0.344 e. The molecule has 0 aliphatic carbocycles. The molecule has 0 fully saturated rings. The Balaban J connectivity index is 0.000000287. The topological polar surface area (TPSA) is 153 Å². The number of hydrogen-bond donors (Lipinski definition) is 5. The second kappa shape index (κ2) is 7.60. The van der Waals surface area contributed by atoms with Gasteiger partial charge in [0.05, 0.1) is 0 Å². The maximum Gasteiger partial charge on any atom is 0.344 e. The number of nitrogens with zero attached hydrogens (tertiary/aromatic N) is 1.